The van der Waals surface area contributed by atoms with Gasteiger partial charge in [0.15, 0.2) is 0 Å². The third-order valence-electron chi connectivity index (χ3n) is 1.80. The van der Waals surface area contributed by atoms with Crippen LogP contribution in [0.5, 0.6) is 0 Å². The Labute approximate surface area is 71.8 Å². The second kappa shape index (κ2) is 3.51. The monoisotopic (exact) mass is 166 g/mol. The van der Waals surface area contributed by atoms with E-state index in [1.54, 1.807) is 6.07 Å². The van der Waals surface area contributed by atoms with Crippen molar-refractivity contribution in [2.45, 2.75) is 13.0 Å². The Kier molecular flexibility index (Phi) is 2.62. The summed E-state index contributed by atoms with van der Waals surface area (Å²) in [7, 11) is 0. The number of nitrogens with two attached hydrogens (primary N) is 3. The predicted octanol–water partition coefficient (Wildman–Crippen LogP) is -0.0693. The minimum absolute atomic E-state index is 0.141. The van der Waals surface area contributed by atoms with Crippen molar-refractivity contribution in [3.63, 3.8) is 0 Å². The van der Waals surface area contributed by atoms with Gasteiger partial charge in [-0.1, -0.05) is 6.07 Å². The quantitative estimate of drug-likeness (QED) is 0.573. The van der Waals surface area contributed by atoms with Crippen molar-refractivity contribution in [1.82, 2.24) is 4.98 Å². The molecule has 12 heavy (non-hydrogen) atoms. The molecule has 0 saturated heterocycles. The molecule has 6 N–H and O–H groups in total. The summed E-state index contributed by atoms with van der Waals surface area (Å²) in [4.78, 5) is 4.08. The molecule has 0 amide bonds. The molecule has 0 fully saturated rings. The lowest BCUT2D eigenvalue weighted by atomic mass is 10.1. The van der Waals surface area contributed by atoms with E-state index in [4.69, 9.17) is 17.2 Å². The Morgan fingerprint density at radius 1 is 1.50 bits per heavy atom. The van der Waals surface area contributed by atoms with Crippen molar-refractivity contribution in [3.05, 3.63) is 23.4 Å². The van der Waals surface area contributed by atoms with Gasteiger partial charge in [-0.05, 0) is 18.6 Å². The zero-order chi connectivity index (χ0) is 9.14. The lowest BCUT2D eigenvalue weighted by Crippen LogP contribution is -2.22. The number of hydrogen-bond donors (Lipinski definition) is 3. The zero-order valence-corrected chi connectivity index (χ0v) is 7.12. The summed E-state index contributed by atoms with van der Waals surface area (Å²) in [5.41, 5.74) is 18.5. The van der Waals surface area contributed by atoms with Crippen LogP contribution >= 0.6 is 0 Å². The van der Waals surface area contributed by atoms with Crippen molar-refractivity contribution in [2.24, 2.45) is 11.5 Å². The van der Waals surface area contributed by atoms with Crippen LogP contribution in [0, 0.1) is 6.92 Å². The molecule has 0 saturated carbocycles. The topological polar surface area (TPSA) is 90.9 Å². The maximum Gasteiger partial charge on any atom is 0.123 e. The summed E-state index contributed by atoms with van der Waals surface area (Å²) in [6.07, 6.45) is 0. The van der Waals surface area contributed by atoms with Gasteiger partial charge in [-0.25, -0.2) is 4.98 Å². The first-order chi connectivity index (χ1) is 5.65. The molecule has 1 heterocycles. The molecular weight excluding hydrogens is 152 g/mol. The van der Waals surface area contributed by atoms with Crippen LogP contribution in [0.1, 0.15) is 17.3 Å². The van der Waals surface area contributed by atoms with Crippen LogP contribution in [0.2, 0.25) is 0 Å². The molecule has 0 aromatic carbocycles. The molecule has 1 aromatic rings. The highest BCUT2D eigenvalue weighted by atomic mass is 14.8. The van der Waals surface area contributed by atoms with Gasteiger partial charge in [0, 0.05) is 18.3 Å². The second-order valence-corrected chi connectivity index (χ2v) is 2.75. The van der Waals surface area contributed by atoms with Crippen LogP contribution in [0.4, 0.5) is 5.82 Å². The summed E-state index contributed by atoms with van der Waals surface area (Å²) in [6, 6.07) is 3.46. The van der Waals surface area contributed by atoms with Crippen LogP contribution < -0.4 is 17.2 Å². The molecule has 1 rings (SSSR count). The lowest BCUT2D eigenvalue weighted by molar-refractivity contribution is 0.726. The fraction of sp³-hybridized carbons (Fsp3) is 0.375. The van der Waals surface area contributed by atoms with Gasteiger partial charge in [0.25, 0.3) is 0 Å². The largest absolute Gasteiger partial charge is 0.384 e. The molecule has 0 spiro atoms. The van der Waals surface area contributed by atoms with Crippen LogP contribution in [-0.4, -0.2) is 11.5 Å². The lowest BCUT2D eigenvalue weighted by Gasteiger charge is -2.11. The SMILES string of the molecule is Cc1nc(N)ccc1[C@@H](N)CN. The second-order valence-electron chi connectivity index (χ2n) is 2.75. The molecule has 4 nitrogen and oxygen atoms in total. The van der Waals surface area contributed by atoms with E-state index in [-0.39, 0.29) is 6.04 Å². The summed E-state index contributed by atoms with van der Waals surface area (Å²) < 4.78 is 0. The van der Waals surface area contributed by atoms with Crippen molar-refractivity contribution < 1.29 is 0 Å². The standard InChI is InChI=1S/C8H14N4/c1-5-6(7(10)4-9)2-3-8(11)12-5/h2-3,7H,4,9-10H2,1H3,(H2,11,12)/t7-/m0/s1. The number of aromatic nitrogens is 1. The third-order valence-corrected chi connectivity index (χ3v) is 1.80. The van der Waals surface area contributed by atoms with Crippen LogP contribution in [0.15, 0.2) is 12.1 Å². The summed E-state index contributed by atoms with van der Waals surface area (Å²) in [5, 5.41) is 0. The van der Waals surface area contributed by atoms with E-state index in [0.717, 1.165) is 11.3 Å². The first kappa shape index (κ1) is 8.96. The molecule has 0 unspecified atom stereocenters. The van der Waals surface area contributed by atoms with Gasteiger partial charge in [-0.3, -0.25) is 0 Å². The molecule has 0 aliphatic heterocycles. The molecule has 0 aliphatic rings. The summed E-state index contributed by atoms with van der Waals surface area (Å²) in [5.74, 6) is 0.514. The number of aryl methyl sites for hydroxylation is 1. The molecule has 0 radical (unpaired) electrons. The molecule has 0 bridgehead atoms. The highest BCUT2D eigenvalue weighted by molar-refractivity contribution is 5.35. The minimum atomic E-state index is -0.141. The predicted molar refractivity (Wildman–Crippen MR) is 49.4 cm³/mol. The van der Waals surface area contributed by atoms with E-state index in [2.05, 4.69) is 4.98 Å². The highest BCUT2D eigenvalue weighted by Crippen LogP contribution is 2.13. The van der Waals surface area contributed by atoms with Gasteiger partial charge < -0.3 is 17.2 Å². The Balaban J connectivity index is 3.01. The average molecular weight is 166 g/mol. The van der Waals surface area contributed by atoms with Crippen LogP contribution in [0.25, 0.3) is 0 Å². The van der Waals surface area contributed by atoms with Crippen molar-refractivity contribution in [2.75, 3.05) is 12.3 Å². The van der Waals surface area contributed by atoms with E-state index < -0.39 is 0 Å². The van der Waals surface area contributed by atoms with Gasteiger partial charge in [-0.15, -0.1) is 0 Å². The number of rotatable bonds is 2. The van der Waals surface area contributed by atoms with Crippen molar-refractivity contribution >= 4 is 5.82 Å². The number of hydrogen-bond acceptors (Lipinski definition) is 4. The molecule has 0 aliphatic carbocycles. The number of anilines is 1. The van der Waals surface area contributed by atoms with E-state index >= 15 is 0 Å². The number of nitrogens with zero attached hydrogens (tertiary/aromatic N) is 1. The first-order valence-electron chi connectivity index (χ1n) is 3.84. The van der Waals surface area contributed by atoms with Crippen molar-refractivity contribution in [3.8, 4) is 0 Å². The van der Waals surface area contributed by atoms with Crippen LogP contribution in [-0.2, 0) is 0 Å². The van der Waals surface area contributed by atoms with Gasteiger partial charge in [-0.2, -0.15) is 0 Å². The maximum atomic E-state index is 5.74. The maximum absolute atomic E-state index is 5.74. The number of nitrogen functional groups attached to an aromatic ring is 1. The highest BCUT2D eigenvalue weighted by Gasteiger charge is 2.07. The Morgan fingerprint density at radius 3 is 2.67 bits per heavy atom. The number of pyridine rings is 1. The molecule has 1 aromatic heterocycles. The van der Waals surface area contributed by atoms with Gasteiger partial charge in [0.2, 0.25) is 0 Å². The molecule has 1 atom stereocenters. The van der Waals surface area contributed by atoms with E-state index in [1.165, 1.54) is 0 Å². The van der Waals surface area contributed by atoms with Crippen LogP contribution in [0.3, 0.4) is 0 Å². The van der Waals surface area contributed by atoms with Gasteiger partial charge >= 0.3 is 0 Å². The van der Waals surface area contributed by atoms with Gasteiger partial charge in [0.05, 0.1) is 0 Å². The Bertz CT molecular complexity index is 272. The Hall–Kier alpha value is -1.13. The van der Waals surface area contributed by atoms with E-state index in [0.29, 0.717) is 12.4 Å². The minimum Gasteiger partial charge on any atom is -0.384 e. The summed E-state index contributed by atoms with van der Waals surface area (Å²) >= 11 is 0. The van der Waals surface area contributed by atoms with E-state index in [9.17, 15) is 0 Å². The Morgan fingerprint density at radius 2 is 2.17 bits per heavy atom. The first-order valence-corrected chi connectivity index (χ1v) is 3.84. The van der Waals surface area contributed by atoms with E-state index in [1.807, 2.05) is 13.0 Å². The summed E-state index contributed by atoms with van der Waals surface area (Å²) in [6.45, 7) is 2.30. The molecule has 4 heteroatoms. The smallest absolute Gasteiger partial charge is 0.123 e. The van der Waals surface area contributed by atoms with Crippen molar-refractivity contribution in [1.29, 1.82) is 0 Å². The fourth-order valence-corrected chi connectivity index (χ4v) is 1.11. The fourth-order valence-electron chi connectivity index (χ4n) is 1.11. The molecule has 66 valence electrons. The zero-order valence-electron chi connectivity index (χ0n) is 7.12. The van der Waals surface area contributed by atoms with Gasteiger partial charge in [0.1, 0.15) is 5.82 Å². The normalized spacial score (nSPS) is 12.9. The average Bonchev–Trinajstić information content (AvgIpc) is 2.03. The third kappa shape index (κ3) is 1.72. The molecular formula is C8H14N4.